The lowest BCUT2D eigenvalue weighted by Gasteiger charge is -2.24. The van der Waals surface area contributed by atoms with Crippen LogP contribution in [0.3, 0.4) is 0 Å². The van der Waals surface area contributed by atoms with Crippen LogP contribution in [0.25, 0.3) is 0 Å². The topological polar surface area (TPSA) is 101 Å². The molecule has 3 N–H and O–H groups in total. The number of hydrogen-bond acceptors (Lipinski definition) is 5. The summed E-state index contributed by atoms with van der Waals surface area (Å²) in [6.45, 7) is -1.54. The van der Waals surface area contributed by atoms with E-state index in [1.165, 1.54) is 0 Å². The summed E-state index contributed by atoms with van der Waals surface area (Å²) in [4.78, 5) is 12.4. The zero-order chi connectivity index (χ0) is 14.3. The van der Waals surface area contributed by atoms with E-state index in [2.05, 4.69) is 0 Å². The van der Waals surface area contributed by atoms with Gasteiger partial charge in [0, 0.05) is 12.8 Å². The van der Waals surface area contributed by atoms with E-state index in [4.69, 9.17) is 10.8 Å². The lowest BCUT2D eigenvalue weighted by Crippen LogP contribution is -2.47. The maximum Gasteiger partial charge on any atom is 0.255 e. The number of alkyl halides is 2. The molecule has 0 bridgehead atoms. The smallest absolute Gasteiger partial charge is 0.255 e. The molecule has 1 unspecified atom stereocenters. The number of aliphatic hydroxyl groups excluding tert-OH is 1. The van der Waals surface area contributed by atoms with Crippen LogP contribution in [0.2, 0.25) is 0 Å². The second kappa shape index (κ2) is 7.59. The maximum atomic E-state index is 12.2. The SMILES string of the molecule is CS(=O)(=O)CCC(N)C(=O)N(CCO)CC(F)F. The van der Waals surface area contributed by atoms with E-state index in [0.717, 1.165) is 11.2 Å². The van der Waals surface area contributed by atoms with Crippen LogP contribution in [0.4, 0.5) is 8.78 Å². The summed E-state index contributed by atoms with van der Waals surface area (Å²) >= 11 is 0. The van der Waals surface area contributed by atoms with Crippen molar-refractivity contribution >= 4 is 15.7 Å². The molecular weight excluding hydrogens is 270 g/mol. The van der Waals surface area contributed by atoms with Crippen molar-refractivity contribution < 1.29 is 27.1 Å². The zero-order valence-electron chi connectivity index (χ0n) is 10.1. The monoisotopic (exact) mass is 288 g/mol. The molecule has 0 aliphatic rings. The molecule has 0 aromatic carbocycles. The first-order valence-electron chi connectivity index (χ1n) is 5.28. The molecule has 0 fully saturated rings. The van der Waals surface area contributed by atoms with Gasteiger partial charge in [-0.2, -0.15) is 0 Å². The van der Waals surface area contributed by atoms with Crippen LogP contribution in [-0.2, 0) is 14.6 Å². The van der Waals surface area contributed by atoms with Crippen LogP contribution in [0.1, 0.15) is 6.42 Å². The zero-order valence-corrected chi connectivity index (χ0v) is 10.9. The minimum Gasteiger partial charge on any atom is -0.395 e. The van der Waals surface area contributed by atoms with Crippen LogP contribution in [0.5, 0.6) is 0 Å². The molecule has 1 atom stereocenters. The van der Waals surface area contributed by atoms with E-state index < -0.39 is 41.4 Å². The Morgan fingerprint density at radius 3 is 2.39 bits per heavy atom. The van der Waals surface area contributed by atoms with Gasteiger partial charge in [0.1, 0.15) is 9.84 Å². The summed E-state index contributed by atoms with van der Waals surface area (Å²) in [6, 6.07) is -1.16. The summed E-state index contributed by atoms with van der Waals surface area (Å²) in [5, 5.41) is 8.66. The van der Waals surface area contributed by atoms with Crippen LogP contribution < -0.4 is 5.73 Å². The lowest BCUT2D eigenvalue weighted by molar-refractivity contribution is -0.135. The number of carbonyl (C=O) groups is 1. The van der Waals surface area contributed by atoms with Gasteiger partial charge in [-0.3, -0.25) is 4.79 Å². The van der Waals surface area contributed by atoms with Crippen molar-refractivity contribution in [2.45, 2.75) is 18.9 Å². The quantitative estimate of drug-likeness (QED) is 0.586. The van der Waals surface area contributed by atoms with Crippen LogP contribution in [-0.4, -0.2) is 68.5 Å². The Morgan fingerprint density at radius 2 is 2.00 bits per heavy atom. The van der Waals surface area contributed by atoms with Gasteiger partial charge in [-0.25, -0.2) is 17.2 Å². The van der Waals surface area contributed by atoms with E-state index in [1.54, 1.807) is 0 Å². The highest BCUT2D eigenvalue weighted by Crippen LogP contribution is 2.03. The summed E-state index contributed by atoms with van der Waals surface area (Å²) in [5.74, 6) is -1.07. The van der Waals surface area contributed by atoms with Gasteiger partial charge in [0.05, 0.1) is 24.9 Å². The van der Waals surface area contributed by atoms with Crippen molar-refractivity contribution in [2.75, 3.05) is 31.7 Å². The molecular formula is C9H18F2N2O4S. The standard InChI is InChI=1S/C9H18F2N2O4S/c1-18(16,17)5-2-7(12)9(15)13(3-4-14)6-8(10)11/h7-8,14H,2-6,12H2,1H3. The Bertz CT molecular complexity index is 362. The Hall–Kier alpha value is -0.800. The van der Waals surface area contributed by atoms with Gasteiger partial charge in [-0.05, 0) is 6.42 Å². The fourth-order valence-electron chi connectivity index (χ4n) is 1.28. The third kappa shape index (κ3) is 7.51. The minimum atomic E-state index is -3.26. The molecule has 0 saturated heterocycles. The number of amides is 1. The summed E-state index contributed by atoms with van der Waals surface area (Å²) < 4.78 is 46.2. The molecule has 18 heavy (non-hydrogen) atoms. The molecule has 0 aliphatic heterocycles. The van der Waals surface area contributed by atoms with Crippen LogP contribution in [0, 0.1) is 0 Å². The van der Waals surface area contributed by atoms with E-state index in [0.29, 0.717) is 0 Å². The molecule has 0 heterocycles. The Balaban J connectivity index is 4.46. The van der Waals surface area contributed by atoms with Gasteiger partial charge in [0.15, 0.2) is 0 Å². The molecule has 0 spiro atoms. The number of nitrogens with two attached hydrogens (primary N) is 1. The largest absolute Gasteiger partial charge is 0.395 e. The molecule has 1 amide bonds. The third-order valence-corrected chi connectivity index (χ3v) is 3.13. The lowest BCUT2D eigenvalue weighted by atomic mass is 10.2. The molecule has 9 heteroatoms. The van der Waals surface area contributed by atoms with E-state index >= 15 is 0 Å². The highest BCUT2D eigenvalue weighted by atomic mass is 32.2. The number of sulfone groups is 1. The number of rotatable bonds is 8. The van der Waals surface area contributed by atoms with E-state index in [9.17, 15) is 22.0 Å². The second-order valence-corrected chi connectivity index (χ2v) is 6.18. The Labute approximate surface area is 105 Å². The van der Waals surface area contributed by atoms with Crippen molar-refractivity contribution in [3.05, 3.63) is 0 Å². The number of nitrogens with zero attached hydrogens (tertiary/aromatic N) is 1. The predicted molar refractivity (Wildman–Crippen MR) is 62.0 cm³/mol. The van der Waals surface area contributed by atoms with Crippen molar-refractivity contribution in [1.29, 1.82) is 0 Å². The van der Waals surface area contributed by atoms with Gasteiger partial charge in [-0.1, -0.05) is 0 Å². The van der Waals surface area contributed by atoms with Gasteiger partial charge in [0.2, 0.25) is 5.91 Å². The van der Waals surface area contributed by atoms with Crippen molar-refractivity contribution in [3.8, 4) is 0 Å². The van der Waals surface area contributed by atoms with Gasteiger partial charge >= 0.3 is 0 Å². The average Bonchev–Trinajstić information content (AvgIpc) is 2.22. The Kier molecular flexibility index (Phi) is 7.26. The maximum absolute atomic E-state index is 12.2. The minimum absolute atomic E-state index is 0.136. The summed E-state index contributed by atoms with van der Waals surface area (Å²) in [5.41, 5.74) is 5.45. The van der Waals surface area contributed by atoms with Crippen molar-refractivity contribution in [2.24, 2.45) is 5.73 Å². The van der Waals surface area contributed by atoms with Gasteiger partial charge in [-0.15, -0.1) is 0 Å². The number of carbonyl (C=O) groups excluding carboxylic acids is 1. The van der Waals surface area contributed by atoms with Gasteiger partial charge < -0.3 is 15.7 Å². The number of aliphatic hydroxyl groups is 1. The molecule has 6 nitrogen and oxygen atoms in total. The first-order chi connectivity index (χ1) is 8.17. The normalized spacial score (nSPS) is 13.7. The van der Waals surface area contributed by atoms with Crippen molar-refractivity contribution in [3.63, 3.8) is 0 Å². The number of hydrogen-bond donors (Lipinski definition) is 2. The third-order valence-electron chi connectivity index (χ3n) is 2.16. The fraction of sp³-hybridized carbons (Fsp3) is 0.889. The highest BCUT2D eigenvalue weighted by molar-refractivity contribution is 7.90. The second-order valence-electron chi connectivity index (χ2n) is 3.92. The predicted octanol–water partition coefficient (Wildman–Crippen LogP) is -1.17. The van der Waals surface area contributed by atoms with Crippen molar-refractivity contribution in [1.82, 2.24) is 4.90 Å². The van der Waals surface area contributed by atoms with Gasteiger partial charge in [0.25, 0.3) is 6.43 Å². The first-order valence-corrected chi connectivity index (χ1v) is 7.34. The molecule has 0 aromatic heterocycles. The number of halogens is 2. The molecule has 108 valence electrons. The highest BCUT2D eigenvalue weighted by Gasteiger charge is 2.24. The average molecular weight is 288 g/mol. The first kappa shape index (κ1) is 17.2. The molecule has 0 rings (SSSR count). The summed E-state index contributed by atoms with van der Waals surface area (Å²) in [7, 11) is -3.26. The van der Waals surface area contributed by atoms with E-state index in [1.807, 2.05) is 0 Å². The fourth-order valence-corrected chi connectivity index (χ4v) is 1.96. The van der Waals surface area contributed by atoms with Crippen LogP contribution >= 0.6 is 0 Å². The molecule has 0 saturated carbocycles. The summed E-state index contributed by atoms with van der Waals surface area (Å²) in [6.07, 6.45) is -1.87. The Morgan fingerprint density at radius 1 is 1.44 bits per heavy atom. The van der Waals surface area contributed by atoms with E-state index in [-0.39, 0.29) is 18.7 Å². The van der Waals surface area contributed by atoms with Crippen LogP contribution in [0.15, 0.2) is 0 Å². The molecule has 0 aromatic rings. The molecule has 0 aliphatic carbocycles. The molecule has 0 radical (unpaired) electrons.